The average molecular weight is 381 g/mol. The van der Waals surface area contributed by atoms with Crippen LogP contribution < -0.4 is 10.6 Å². The van der Waals surface area contributed by atoms with Crippen LogP contribution in [0.2, 0.25) is 5.02 Å². The topological polar surface area (TPSA) is 66.9 Å². The smallest absolute Gasteiger partial charge is 0.270 e. The maximum absolute atomic E-state index is 12.5. The molecule has 1 heterocycles. The number of aryl methyl sites for hydroxylation is 2. The van der Waals surface area contributed by atoms with Gasteiger partial charge in [-0.25, -0.2) is 9.97 Å². The Kier molecular flexibility index (Phi) is 6.04. The highest BCUT2D eigenvalue weighted by molar-refractivity contribution is 6.30. The van der Waals surface area contributed by atoms with E-state index in [-0.39, 0.29) is 5.91 Å². The summed E-state index contributed by atoms with van der Waals surface area (Å²) in [5, 5.41) is 6.77. The molecule has 0 aliphatic carbocycles. The van der Waals surface area contributed by atoms with Gasteiger partial charge in [0.1, 0.15) is 5.69 Å². The predicted octanol–water partition coefficient (Wildman–Crippen LogP) is 4.46. The molecule has 0 aliphatic rings. The third-order valence-corrected chi connectivity index (χ3v) is 4.30. The molecule has 0 bridgehead atoms. The van der Waals surface area contributed by atoms with Crippen LogP contribution in [0.15, 0.2) is 54.6 Å². The quantitative estimate of drug-likeness (QED) is 0.662. The number of hydrogen-bond acceptors (Lipinski definition) is 4. The minimum atomic E-state index is -0.227. The number of rotatable bonds is 6. The van der Waals surface area contributed by atoms with Crippen LogP contribution in [0.4, 0.5) is 11.6 Å². The molecule has 2 N–H and O–H groups in total. The van der Waals surface area contributed by atoms with Crippen LogP contribution in [0, 0.1) is 13.8 Å². The van der Waals surface area contributed by atoms with Crippen LogP contribution in [-0.4, -0.2) is 22.4 Å². The van der Waals surface area contributed by atoms with Crippen molar-refractivity contribution in [3.8, 4) is 0 Å². The van der Waals surface area contributed by atoms with Crippen LogP contribution >= 0.6 is 11.6 Å². The van der Waals surface area contributed by atoms with Crippen LogP contribution in [0.25, 0.3) is 0 Å². The Morgan fingerprint density at radius 3 is 2.63 bits per heavy atom. The second kappa shape index (κ2) is 8.64. The molecule has 0 fully saturated rings. The lowest BCUT2D eigenvalue weighted by Crippen LogP contribution is -2.27. The molecule has 0 saturated carbocycles. The fourth-order valence-electron chi connectivity index (χ4n) is 2.68. The van der Waals surface area contributed by atoms with Gasteiger partial charge in [-0.3, -0.25) is 4.79 Å². The van der Waals surface area contributed by atoms with E-state index in [2.05, 4.69) is 20.6 Å². The van der Waals surface area contributed by atoms with Crippen molar-refractivity contribution in [3.63, 3.8) is 0 Å². The van der Waals surface area contributed by atoms with E-state index in [1.807, 2.05) is 62.4 Å². The Balaban J connectivity index is 1.66. The van der Waals surface area contributed by atoms with E-state index in [1.165, 1.54) is 0 Å². The molecule has 6 heteroatoms. The zero-order valence-corrected chi connectivity index (χ0v) is 16.0. The van der Waals surface area contributed by atoms with Gasteiger partial charge < -0.3 is 10.6 Å². The van der Waals surface area contributed by atoms with Gasteiger partial charge in [-0.15, -0.1) is 0 Å². The largest absolute Gasteiger partial charge is 0.350 e. The van der Waals surface area contributed by atoms with Crippen LogP contribution in [-0.2, 0) is 6.42 Å². The summed E-state index contributed by atoms with van der Waals surface area (Å²) in [7, 11) is 0. The summed E-state index contributed by atoms with van der Waals surface area (Å²) in [6, 6.07) is 17.1. The molecule has 0 atom stereocenters. The molecule has 2 aromatic carbocycles. The summed E-state index contributed by atoms with van der Waals surface area (Å²) < 4.78 is 0. The fourth-order valence-corrected chi connectivity index (χ4v) is 2.89. The van der Waals surface area contributed by atoms with Gasteiger partial charge in [0.2, 0.25) is 5.95 Å². The number of carbonyl (C=O) groups is 1. The summed E-state index contributed by atoms with van der Waals surface area (Å²) in [5.74, 6) is 0.180. The van der Waals surface area contributed by atoms with Crippen LogP contribution in [0.1, 0.15) is 27.3 Å². The molecule has 3 rings (SSSR count). The second-order valence-corrected chi connectivity index (χ2v) is 6.73. The lowest BCUT2D eigenvalue weighted by molar-refractivity contribution is 0.0949. The highest BCUT2D eigenvalue weighted by Crippen LogP contribution is 2.18. The Labute approximate surface area is 163 Å². The molecular weight excluding hydrogens is 360 g/mol. The number of aromatic nitrogens is 2. The minimum Gasteiger partial charge on any atom is -0.350 e. The molecule has 0 radical (unpaired) electrons. The third kappa shape index (κ3) is 5.28. The van der Waals surface area contributed by atoms with Crippen LogP contribution in [0.5, 0.6) is 0 Å². The standard InChI is InChI=1S/C21H21ClN4O/c1-14-6-3-4-9-18(14)25-21-24-15(2)12-19(26-21)20(27)23-11-10-16-7-5-8-17(22)13-16/h3-9,12-13H,10-11H2,1-2H3,(H,23,27)(H,24,25,26). The van der Waals surface area contributed by atoms with Crippen molar-refractivity contribution in [1.29, 1.82) is 0 Å². The molecule has 0 unspecified atom stereocenters. The lowest BCUT2D eigenvalue weighted by Gasteiger charge is -2.10. The number of anilines is 2. The number of benzene rings is 2. The SMILES string of the molecule is Cc1cc(C(=O)NCCc2cccc(Cl)c2)nc(Nc2ccccc2C)n1. The lowest BCUT2D eigenvalue weighted by atomic mass is 10.1. The predicted molar refractivity (Wildman–Crippen MR) is 109 cm³/mol. The number of para-hydroxylation sites is 1. The summed E-state index contributed by atoms with van der Waals surface area (Å²) in [6.45, 7) is 4.35. The third-order valence-electron chi connectivity index (χ3n) is 4.07. The molecule has 0 spiro atoms. The zero-order chi connectivity index (χ0) is 19.2. The number of hydrogen-bond donors (Lipinski definition) is 2. The Morgan fingerprint density at radius 1 is 1.04 bits per heavy atom. The van der Waals surface area contributed by atoms with Gasteiger partial charge in [0.05, 0.1) is 0 Å². The zero-order valence-electron chi connectivity index (χ0n) is 15.3. The molecule has 1 aromatic heterocycles. The molecule has 5 nitrogen and oxygen atoms in total. The number of carbonyl (C=O) groups excluding carboxylic acids is 1. The summed E-state index contributed by atoms with van der Waals surface area (Å²) >= 11 is 5.98. The number of nitrogens with one attached hydrogen (secondary N) is 2. The van der Waals surface area contributed by atoms with Crippen molar-refractivity contribution in [1.82, 2.24) is 15.3 Å². The molecule has 27 heavy (non-hydrogen) atoms. The van der Waals surface area contributed by atoms with Crippen molar-refractivity contribution in [2.45, 2.75) is 20.3 Å². The monoisotopic (exact) mass is 380 g/mol. The maximum atomic E-state index is 12.5. The van der Waals surface area contributed by atoms with Crippen molar-refractivity contribution in [2.24, 2.45) is 0 Å². The Bertz CT molecular complexity index is 958. The highest BCUT2D eigenvalue weighted by atomic mass is 35.5. The number of amides is 1. The molecule has 138 valence electrons. The first-order chi connectivity index (χ1) is 13.0. The van der Waals surface area contributed by atoms with Crippen molar-refractivity contribution in [2.75, 3.05) is 11.9 Å². The number of nitrogens with zero attached hydrogens (tertiary/aromatic N) is 2. The first-order valence-corrected chi connectivity index (χ1v) is 9.10. The second-order valence-electron chi connectivity index (χ2n) is 6.29. The summed E-state index contributed by atoms with van der Waals surface area (Å²) in [5.41, 5.74) is 4.12. The van der Waals surface area contributed by atoms with E-state index in [1.54, 1.807) is 6.07 Å². The van der Waals surface area contributed by atoms with Gasteiger partial charge >= 0.3 is 0 Å². The summed E-state index contributed by atoms with van der Waals surface area (Å²) in [6.07, 6.45) is 0.699. The van der Waals surface area contributed by atoms with Gasteiger partial charge in [-0.1, -0.05) is 41.9 Å². The van der Waals surface area contributed by atoms with E-state index in [4.69, 9.17) is 11.6 Å². The van der Waals surface area contributed by atoms with Gasteiger partial charge in [0.15, 0.2) is 0 Å². The fraction of sp³-hybridized carbons (Fsp3) is 0.190. The van der Waals surface area contributed by atoms with Crippen molar-refractivity contribution < 1.29 is 4.79 Å². The van der Waals surface area contributed by atoms with E-state index in [0.717, 1.165) is 22.5 Å². The first-order valence-electron chi connectivity index (χ1n) is 8.72. The normalized spacial score (nSPS) is 10.5. The molecule has 0 aliphatic heterocycles. The van der Waals surface area contributed by atoms with Gasteiger partial charge in [0.25, 0.3) is 5.91 Å². The summed E-state index contributed by atoms with van der Waals surface area (Å²) in [4.78, 5) is 21.2. The molecular formula is C21H21ClN4O. The Morgan fingerprint density at radius 2 is 1.85 bits per heavy atom. The van der Waals surface area contributed by atoms with E-state index >= 15 is 0 Å². The van der Waals surface area contributed by atoms with E-state index < -0.39 is 0 Å². The number of halogens is 1. The van der Waals surface area contributed by atoms with Gasteiger partial charge in [-0.2, -0.15) is 0 Å². The van der Waals surface area contributed by atoms with Crippen LogP contribution in [0.3, 0.4) is 0 Å². The van der Waals surface area contributed by atoms with Gasteiger partial charge in [0, 0.05) is 22.9 Å². The minimum absolute atomic E-state index is 0.227. The molecule has 1 amide bonds. The highest BCUT2D eigenvalue weighted by Gasteiger charge is 2.11. The molecule has 0 saturated heterocycles. The van der Waals surface area contributed by atoms with Gasteiger partial charge in [-0.05, 0) is 55.7 Å². The van der Waals surface area contributed by atoms with Crippen molar-refractivity contribution >= 4 is 29.1 Å². The molecule has 3 aromatic rings. The van der Waals surface area contributed by atoms with Crippen molar-refractivity contribution in [3.05, 3.63) is 82.1 Å². The van der Waals surface area contributed by atoms with E-state index in [9.17, 15) is 4.79 Å². The first kappa shape index (κ1) is 18.9. The Hall–Kier alpha value is -2.92. The van der Waals surface area contributed by atoms with E-state index in [0.29, 0.717) is 29.6 Å². The maximum Gasteiger partial charge on any atom is 0.270 e. The average Bonchev–Trinajstić information content (AvgIpc) is 2.63.